The fourth-order valence-electron chi connectivity index (χ4n) is 1.15. The maximum Gasteiger partial charge on any atom is 0.216 e. The van der Waals surface area contributed by atoms with Crippen molar-refractivity contribution in [3.63, 3.8) is 0 Å². The van der Waals surface area contributed by atoms with Crippen LogP contribution in [0.25, 0.3) is 0 Å². The Morgan fingerprint density at radius 1 is 1.29 bits per heavy atom. The Kier molecular flexibility index (Phi) is 6.49. The number of carbonyl (C=O) groups excluding carboxylic acids is 1. The van der Waals surface area contributed by atoms with E-state index in [4.69, 9.17) is 0 Å². The van der Waals surface area contributed by atoms with Crippen molar-refractivity contribution in [2.45, 2.75) is 39.2 Å². The zero-order valence-corrected chi connectivity index (χ0v) is 9.39. The van der Waals surface area contributed by atoms with Gasteiger partial charge in [-0.05, 0) is 12.8 Å². The smallest absolute Gasteiger partial charge is 0.216 e. The van der Waals surface area contributed by atoms with Crippen molar-refractivity contribution >= 4 is 5.91 Å². The molecule has 0 aliphatic rings. The molecule has 0 aromatic carbocycles. The molecule has 0 aromatic rings. The molecular weight excluding hydrogens is 180 g/mol. The van der Waals surface area contributed by atoms with Crippen LogP contribution in [0, 0.1) is 0 Å². The molecule has 0 spiro atoms. The predicted octanol–water partition coefficient (Wildman–Crippen LogP) is 0.263. The molecule has 0 saturated heterocycles. The maximum absolute atomic E-state index is 10.5. The Morgan fingerprint density at radius 3 is 2.29 bits per heavy atom. The van der Waals surface area contributed by atoms with E-state index in [1.807, 2.05) is 13.8 Å². The third kappa shape index (κ3) is 5.94. The molecule has 14 heavy (non-hydrogen) atoms. The van der Waals surface area contributed by atoms with E-state index in [1.165, 1.54) is 6.92 Å². The Balaban J connectivity index is 3.47. The van der Waals surface area contributed by atoms with Gasteiger partial charge in [-0.3, -0.25) is 4.79 Å². The zero-order chi connectivity index (χ0) is 11.0. The standard InChI is InChI=1S/C10H22N2O2/c1-4-10(14,5-2)8-11-6-7-12-9(3)13/h11,14H,4-8H2,1-3H3,(H,12,13). The van der Waals surface area contributed by atoms with Crippen molar-refractivity contribution in [1.82, 2.24) is 10.6 Å². The molecule has 0 aromatic heterocycles. The molecule has 1 amide bonds. The van der Waals surface area contributed by atoms with Gasteiger partial charge in [0.05, 0.1) is 5.60 Å². The second-order valence-electron chi connectivity index (χ2n) is 3.59. The van der Waals surface area contributed by atoms with Gasteiger partial charge in [0.25, 0.3) is 0 Å². The molecule has 0 fully saturated rings. The van der Waals surface area contributed by atoms with Gasteiger partial charge in [-0.2, -0.15) is 0 Å². The third-order valence-electron chi connectivity index (χ3n) is 2.45. The Labute approximate surface area is 86.1 Å². The Hall–Kier alpha value is -0.610. The van der Waals surface area contributed by atoms with Crippen LogP contribution in [0.15, 0.2) is 0 Å². The van der Waals surface area contributed by atoms with Crippen molar-refractivity contribution in [3.8, 4) is 0 Å². The van der Waals surface area contributed by atoms with Gasteiger partial charge in [0, 0.05) is 26.6 Å². The van der Waals surface area contributed by atoms with Crippen LogP contribution < -0.4 is 10.6 Å². The van der Waals surface area contributed by atoms with E-state index in [2.05, 4.69) is 10.6 Å². The monoisotopic (exact) mass is 202 g/mol. The van der Waals surface area contributed by atoms with E-state index in [0.717, 1.165) is 12.8 Å². The molecule has 0 bridgehead atoms. The van der Waals surface area contributed by atoms with E-state index in [0.29, 0.717) is 19.6 Å². The lowest BCUT2D eigenvalue weighted by atomic mass is 9.98. The molecule has 0 aliphatic carbocycles. The molecule has 0 aliphatic heterocycles. The average molecular weight is 202 g/mol. The van der Waals surface area contributed by atoms with Gasteiger partial charge in [0.15, 0.2) is 0 Å². The fourth-order valence-corrected chi connectivity index (χ4v) is 1.15. The van der Waals surface area contributed by atoms with Gasteiger partial charge in [-0.25, -0.2) is 0 Å². The molecule has 0 unspecified atom stereocenters. The Bertz CT molecular complexity index is 168. The first-order valence-electron chi connectivity index (χ1n) is 5.21. The summed E-state index contributed by atoms with van der Waals surface area (Å²) >= 11 is 0. The number of aliphatic hydroxyl groups is 1. The second-order valence-corrected chi connectivity index (χ2v) is 3.59. The summed E-state index contributed by atoms with van der Waals surface area (Å²) in [6.07, 6.45) is 1.49. The number of rotatable bonds is 7. The summed E-state index contributed by atoms with van der Waals surface area (Å²) in [5.41, 5.74) is -0.601. The van der Waals surface area contributed by atoms with Crippen molar-refractivity contribution in [2.75, 3.05) is 19.6 Å². The molecule has 4 heteroatoms. The summed E-state index contributed by atoms with van der Waals surface area (Å²) in [6, 6.07) is 0. The highest BCUT2D eigenvalue weighted by atomic mass is 16.3. The summed E-state index contributed by atoms with van der Waals surface area (Å²) in [7, 11) is 0. The first kappa shape index (κ1) is 13.4. The number of carbonyl (C=O) groups is 1. The molecule has 0 rings (SSSR count). The van der Waals surface area contributed by atoms with Gasteiger partial charge in [0.1, 0.15) is 0 Å². The minimum absolute atomic E-state index is 0.0203. The van der Waals surface area contributed by atoms with Crippen LogP contribution in [0.2, 0.25) is 0 Å². The normalized spacial score (nSPS) is 11.4. The highest BCUT2D eigenvalue weighted by Crippen LogP contribution is 2.12. The lowest BCUT2D eigenvalue weighted by molar-refractivity contribution is -0.118. The van der Waals surface area contributed by atoms with Crippen LogP contribution >= 0.6 is 0 Å². The minimum atomic E-state index is -0.601. The molecular formula is C10H22N2O2. The van der Waals surface area contributed by atoms with E-state index >= 15 is 0 Å². The number of amides is 1. The van der Waals surface area contributed by atoms with E-state index in [9.17, 15) is 9.90 Å². The van der Waals surface area contributed by atoms with Crippen LogP contribution in [0.5, 0.6) is 0 Å². The predicted molar refractivity (Wildman–Crippen MR) is 57.1 cm³/mol. The largest absolute Gasteiger partial charge is 0.389 e. The second kappa shape index (κ2) is 6.79. The van der Waals surface area contributed by atoms with Crippen LogP contribution in [-0.4, -0.2) is 36.2 Å². The van der Waals surface area contributed by atoms with Crippen molar-refractivity contribution in [3.05, 3.63) is 0 Å². The van der Waals surface area contributed by atoms with Crippen LogP contribution in [0.4, 0.5) is 0 Å². The molecule has 0 radical (unpaired) electrons. The molecule has 0 saturated carbocycles. The molecule has 3 N–H and O–H groups in total. The van der Waals surface area contributed by atoms with Crippen LogP contribution in [0.1, 0.15) is 33.6 Å². The third-order valence-corrected chi connectivity index (χ3v) is 2.45. The highest BCUT2D eigenvalue weighted by Gasteiger charge is 2.20. The molecule has 84 valence electrons. The van der Waals surface area contributed by atoms with E-state index in [-0.39, 0.29) is 5.91 Å². The molecule has 0 heterocycles. The van der Waals surface area contributed by atoms with Gasteiger partial charge < -0.3 is 15.7 Å². The lowest BCUT2D eigenvalue weighted by Crippen LogP contribution is -2.42. The summed E-state index contributed by atoms with van der Waals surface area (Å²) in [4.78, 5) is 10.5. The van der Waals surface area contributed by atoms with Gasteiger partial charge in [0.2, 0.25) is 5.91 Å². The van der Waals surface area contributed by atoms with Gasteiger partial charge in [-0.1, -0.05) is 13.8 Å². The first-order valence-corrected chi connectivity index (χ1v) is 5.21. The summed E-state index contributed by atoms with van der Waals surface area (Å²) in [6.45, 7) is 7.33. The van der Waals surface area contributed by atoms with E-state index in [1.54, 1.807) is 0 Å². The molecule has 4 nitrogen and oxygen atoms in total. The summed E-state index contributed by atoms with van der Waals surface area (Å²) in [5, 5.41) is 15.7. The average Bonchev–Trinajstić information content (AvgIpc) is 2.16. The first-order chi connectivity index (χ1) is 6.54. The number of hydrogen-bond acceptors (Lipinski definition) is 3. The van der Waals surface area contributed by atoms with Crippen molar-refractivity contribution < 1.29 is 9.90 Å². The summed E-state index contributed by atoms with van der Waals surface area (Å²) in [5.74, 6) is -0.0203. The number of nitrogens with one attached hydrogen (secondary N) is 2. The lowest BCUT2D eigenvalue weighted by Gasteiger charge is -2.25. The molecule has 0 atom stereocenters. The Morgan fingerprint density at radius 2 is 1.86 bits per heavy atom. The van der Waals surface area contributed by atoms with E-state index < -0.39 is 5.60 Å². The topological polar surface area (TPSA) is 61.4 Å². The fraction of sp³-hybridized carbons (Fsp3) is 0.900. The quantitative estimate of drug-likeness (QED) is 0.519. The summed E-state index contributed by atoms with van der Waals surface area (Å²) < 4.78 is 0. The highest BCUT2D eigenvalue weighted by molar-refractivity contribution is 5.72. The van der Waals surface area contributed by atoms with Gasteiger partial charge in [-0.15, -0.1) is 0 Å². The van der Waals surface area contributed by atoms with Crippen molar-refractivity contribution in [1.29, 1.82) is 0 Å². The number of hydrogen-bond donors (Lipinski definition) is 3. The minimum Gasteiger partial charge on any atom is -0.389 e. The van der Waals surface area contributed by atoms with Crippen molar-refractivity contribution in [2.24, 2.45) is 0 Å². The van der Waals surface area contributed by atoms with Gasteiger partial charge >= 0.3 is 0 Å². The maximum atomic E-state index is 10.5. The van der Waals surface area contributed by atoms with Crippen LogP contribution in [-0.2, 0) is 4.79 Å². The zero-order valence-electron chi connectivity index (χ0n) is 9.39. The SMILES string of the molecule is CCC(O)(CC)CNCCNC(C)=O. The van der Waals surface area contributed by atoms with Crippen LogP contribution in [0.3, 0.4) is 0 Å².